The third-order valence-electron chi connectivity index (χ3n) is 8.14. The number of carbonyl (C=O) groups excluding carboxylic acids is 2. The first-order chi connectivity index (χ1) is 24.2. The molecular formula is C36H42N4O10. The second-order valence-corrected chi connectivity index (χ2v) is 11.1. The smallest absolute Gasteiger partial charge is 0.224 e. The summed E-state index contributed by atoms with van der Waals surface area (Å²) in [6, 6.07) is 13.4. The number of ether oxygens (including phenoxy) is 6. The highest BCUT2D eigenvalue weighted by Gasteiger charge is 2.35. The Morgan fingerprint density at radius 1 is 0.600 bits per heavy atom. The van der Waals surface area contributed by atoms with Crippen LogP contribution in [0.5, 0.6) is 46.3 Å². The molecule has 0 aliphatic carbocycles. The number of aromatic nitrogens is 2. The zero-order valence-electron chi connectivity index (χ0n) is 28.8. The van der Waals surface area contributed by atoms with E-state index < -0.39 is 23.7 Å². The van der Waals surface area contributed by atoms with Crippen LogP contribution in [0.25, 0.3) is 0 Å². The van der Waals surface area contributed by atoms with E-state index in [4.69, 9.17) is 28.4 Å². The number of carbonyl (C=O) groups is 2. The summed E-state index contributed by atoms with van der Waals surface area (Å²) in [5, 5.41) is 27.1. The van der Waals surface area contributed by atoms with Crippen molar-refractivity contribution in [3.05, 3.63) is 83.2 Å². The topological polar surface area (TPSA) is 180 Å². The average molecular weight is 691 g/mol. The number of phenolic OH excluding ortho intramolecular Hbond substituents is 2. The number of nitrogens with one attached hydrogen (secondary N) is 2. The lowest BCUT2D eigenvalue weighted by Gasteiger charge is -2.27. The Hall–Kier alpha value is -5.92. The van der Waals surface area contributed by atoms with E-state index in [0.717, 1.165) is 0 Å². The molecule has 0 aliphatic rings. The van der Waals surface area contributed by atoms with Crippen LogP contribution in [0.15, 0.2) is 60.9 Å². The van der Waals surface area contributed by atoms with Gasteiger partial charge in [-0.2, -0.15) is 0 Å². The summed E-state index contributed by atoms with van der Waals surface area (Å²) in [5.74, 6) is -2.06. The Morgan fingerprint density at radius 2 is 0.940 bits per heavy atom. The molecule has 14 nitrogen and oxygen atoms in total. The molecule has 0 unspecified atom stereocenters. The molecule has 0 saturated carbocycles. The molecule has 2 amide bonds. The number of aromatic hydroxyl groups is 2. The van der Waals surface area contributed by atoms with Crippen molar-refractivity contribution in [2.75, 3.05) is 42.7 Å². The van der Waals surface area contributed by atoms with Gasteiger partial charge in [0, 0.05) is 36.6 Å². The highest BCUT2D eigenvalue weighted by atomic mass is 16.5. The van der Waals surface area contributed by atoms with E-state index in [-0.39, 0.29) is 60.4 Å². The van der Waals surface area contributed by atoms with Gasteiger partial charge >= 0.3 is 0 Å². The number of methoxy groups -OCH3 is 6. The number of amides is 2. The summed E-state index contributed by atoms with van der Waals surface area (Å²) < 4.78 is 32.2. The SMILES string of the molecule is COc1cc(C[C@H](C(=O)NCc2cccnc2OC)[C@@H](Cc2cc(OC)c(O)c(OC)c2)C(=O)NCc2cccnc2OC)cc(OC)c1O. The van der Waals surface area contributed by atoms with E-state index in [1.807, 2.05) is 0 Å². The van der Waals surface area contributed by atoms with Crippen LogP contribution in [0, 0.1) is 11.8 Å². The van der Waals surface area contributed by atoms with Gasteiger partial charge in [0.05, 0.1) is 54.5 Å². The average Bonchev–Trinajstić information content (AvgIpc) is 3.15. The van der Waals surface area contributed by atoms with E-state index in [9.17, 15) is 19.8 Å². The molecule has 0 aliphatic heterocycles. The van der Waals surface area contributed by atoms with Crippen LogP contribution in [-0.2, 0) is 35.5 Å². The van der Waals surface area contributed by atoms with Crippen LogP contribution in [0.1, 0.15) is 22.3 Å². The van der Waals surface area contributed by atoms with Gasteiger partial charge in [0.25, 0.3) is 0 Å². The molecule has 4 rings (SSSR count). The minimum Gasteiger partial charge on any atom is -0.502 e. The molecule has 0 fully saturated rings. The molecule has 2 atom stereocenters. The lowest BCUT2D eigenvalue weighted by Crippen LogP contribution is -2.44. The fourth-order valence-electron chi connectivity index (χ4n) is 5.59. The van der Waals surface area contributed by atoms with Crippen molar-refractivity contribution in [3.8, 4) is 46.3 Å². The van der Waals surface area contributed by atoms with E-state index >= 15 is 0 Å². The predicted octanol–water partition coefficient (Wildman–Crippen LogP) is 3.59. The van der Waals surface area contributed by atoms with Crippen molar-refractivity contribution in [2.24, 2.45) is 11.8 Å². The molecule has 0 saturated heterocycles. The fraction of sp³-hybridized carbons (Fsp3) is 0.333. The van der Waals surface area contributed by atoms with Gasteiger partial charge in [-0.1, -0.05) is 12.1 Å². The highest BCUT2D eigenvalue weighted by Crippen LogP contribution is 2.40. The van der Waals surface area contributed by atoms with Gasteiger partial charge in [-0.25, -0.2) is 9.97 Å². The molecule has 4 aromatic rings. The molecule has 0 bridgehead atoms. The maximum absolute atomic E-state index is 14.3. The predicted molar refractivity (Wildman–Crippen MR) is 182 cm³/mol. The minimum absolute atomic E-state index is 0.0314. The molecule has 2 aromatic heterocycles. The molecule has 14 heteroatoms. The third-order valence-corrected chi connectivity index (χ3v) is 8.14. The minimum atomic E-state index is -1.00. The highest BCUT2D eigenvalue weighted by molar-refractivity contribution is 5.88. The summed E-state index contributed by atoms with van der Waals surface area (Å²) in [6.07, 6.45) is 3.22. The lowest BCUT2D eigenvalue weighted by atomic mass is 9.81. The quantitative estimate of drug-likeness (QED) is 0.127. The first-order valence-electron chi connectivity index (χ1n) is 15.6. The molecular weight excluding hydrogens is 648 g/mol. The normalized spacial score (nSPS) is 11.9. The van der Waals surface area contributed by atoms with Crippen molar-refractivity contribution in [2.45, 2.75) is 25.9 Å². The molecule has 4 N–H and O–H groups in total. The fourth-order valence-corrected chi connectivity index (χ4v) is 5.59. The Kier molecular flexibility index (Phi) is 12.9. The Bertz CT molecular complexity index is 1600. The molecule has 2 heterocycles. The van der Waals surface area contributed by atoms with Crippen LogP contribution in [0.4, 0.5) is 0 Å². The number of nitrogens with zero attached hydrogens (tertiary/aromatic N) is 2. The second kappa shape index (κ2) is 17.5. The van der Waals surface area contributed by atoms with Crippen molar-refractivity contribution in [1.82, 2.24) is 20.6 Å². The third kappa shape index (κ3) is 8.75. The number of hydrogen-bond acceptors (Lipinski definition) is 12. The van der Waals surface area contributed by atoms with Gasteiger partial charge in [0.2, 0.25) is 35.1 Å². The number of rotatable bonds is 17. The molecule has 266 valence electrons. The van der Waals surface area contributed by atoms with Gasteiger partial charge in [0.15, 0.2) is 23.0 Å². The maximum Gasteiger partial charge on any atom is 0.224 e. The van der Waals surface area contributed by atoms with Gasteiger partial charge in [0.1, 0.15) is 0 Å². The molecule has 50 heavy (non-hydrogen) atoms. The second-order valence-electron chi connectivity index (χ2n) is 11.1. The van der Waals surface area contributed by atoms with Crippen LogP contribution in [0.2, 0.25) is 0 Å². The van der Waals surface area contributed by atoms with Crippen molar-refractivity contribution < 1.29 is 48.2 Å². The van der Waals surface area contributed by atoms with Crippen LogP contribution >= 0.6 is 0 Å². The summed E-state index contributed by atoms with van der Waals surface area (Å²) in [4.78, 5) is 37.1. The van der Waals surface area contributed by atoms with E-state index in [0.29, 0.717) is 34.0 Å². The van der Waals surface area contributed by atoms with Crippen LogP contribution in [0.3, 0.4) is 0 Å². The maximum atomic E-state index is 14.3. The zero-order chi connectivity index (χ0) is 36.2. The van der Waals surface area contributed by atoms with Gasteiger partial charge in [-0.3, -0.25) is 9.59 Å². The lowest BCUT2D eigenvalue weighted by molar-refractivity contribution is -0.135. The van der Waals surface area contributed by atoms with Gasteiger partial charge < -0.3 is 49.3 Å². The largest absolute Gasteiger partial charge is 0.502 e. The number of phenols is 2. The number of pyridine rings is 2. The molecule has 0 spiro atoms. The monoisotopic (exact) mass is 690 g/mol. The summed E-state index contributed by atoms with van der Waals surface area (Å²) >= 11 is 0. The first kappa shape index (κ1) is 36.9. The number of hydrogen-bond donors (Lipinski definition) is 4. The Morgan fingerprint density at radius 3 is 1.24 bits per heavy atom. The van der Waals surface area contributed by atoms with E-state index in [1.54, 1.807) is 60.9 Å². The van der Waals surface area contributed by atoms with Gasteiger partial charge in [-0.15, -0.1) is 0 Å². The van der Waals surface area contributed by atoms with E-state index in [1.165, 1.54) is 42.7 Å². The van der Waals surface area contributed by atoms with Crippen LogP contribution in [-0.4, -0.2) is 74.7 Å². The number of benzene rings is 2. The zero-order valence-corrected chi connectivity index (χ0v) is 28.8. The molecule has 0 radical (unpaired) electrons. The Balaban J connectivity index is 1.80. The first-order valence-corrected chi connectivity index (χ1v) is 15.6. The molecule has 2 aromatic carbocycles. The summed E-state index contributed by atoms with van der Waals surface area (Å²) in [7, 11) is 8.58. The van der Waals surface area contributed by atoms with E-state index in [2.05, 4.69) is 20.6 Å². The Labute approximate surface area is 290 Å². The van der Waals surface area contributed by atoms with Gasteiger partial charge in [-0.05, 0) is 60.4 Å². The van der Waals surface area contributed by atoms with Crippen LogP contribution < -0.4 is 39.1 Å². The van der Waals surface area contributed by atoms with Crippen molar-refractivity contribution >= 4 is 11.8 Å². The van der Waals surface area contributed by atoms with Crippen molar-refractivity contribution in [3.63, 3.8) is 0 Å². The standard InChI is InChI=1S/C36H42N4O10/c1-45-27-15-21(16-28(46-2)31(27)41)13-25(33(43)39-19-23-9-7-11-37-35(23)49-5)26(14-22-17-29(47-3)32(42)30(18-22)48-4)34(44)40-20-24-10-8-12-38-36(24)50-6/h7-12,15-18,25-26,41-42H,13-14,19-20H2,1-6H3,(H,39,43)(H,40,44)/t25-,26+. The summed E-state index contributed by atoms with van der Waals surface area (Å²) in [5.41, 5.74) is 2.38. The summed E-state index contributed by atoms with van der Waals surface area (Å²) in [6.45, 7) is 0.132. The van der Waals surface area contributed by atoms with Crippen molar-refractivity contribution in [1.29, 1.82) is 0 Å².